The van der Waals surface area contributed by atoms with E-state index in [4.69, 9.17) is 11.6 Å². The maximum Gasteiger partial charge on any atom is 0.293 e. The molecular formula is C17H10ClIN2O5S. The third-order valence-electron chi connectivity index (χ3n) is 3.70. The molecule has 1 aliphatic rings. The number of amides is 2. The van der Waals surface area contributed by atoms with Crippen LogP contribution in [0.4, 0.5) is 10.5 Å². The molecule has 7 nitrogen and oxygen atoms in total. The molecule has 10 heteroatoms. The molecule has 0 aliphatic carbocycles. The van der Waals surface area contributed by atoms with E-state index in [-0.39, 0.29) is 32.0 Å². The van der Waals surface area contributed by atoms with Gasteiger partial charge in [-0.15, -0.1) is 0 Å². The van der Waals surface area contributed by atoms with Crippen molar-refractivity contribution in [2.24, 2.45) is 0 Å². The lowest BCUT2D eigenvalue weighted by atomic mass is 10.1. The first-order valence-corrected chi connectivity index (χ1v) is 9.70. The van der Waals surface area contributed by atoms with Gasteiger partial charge in [0.05, 0.1) is 19.9 Å². The summed E-state index contributed by atoms with van der Waals surface area (Å²) < 4.78 is 0.272. The van der Waals surface area contributed by atoms with Crippen LogP contribution in [0.5, 0.6) is 5.75 Å². The summed E-state index contributed by atoms with van der Waals surface area (Å²) in [4.78, 5) is 36.4. The van der Waals surface area contributed by atoms with Crippen molar-refractivity contribution >= 4 is 68.9 Å². The summed E-state index contributed by atoms with van der Waals surface area (Å²) in [6.45, 7) is 0.0810. The van der Waals surface area contributed by atoms with Crippen LogP contribution in [0.3, 0.4) is 0 Å². The van der Waals surface area contributed by atoms with Crippen LogP contribution in [0.1, 0.15) is 11.1 Å². The van der Waals surface area contributed by atoms with Crippen molar-refractivity contribution in [3.63, 3.8) is 0 Å². The summed E-state index contributed by atoms with van der Waals surface area (Å²) in [6, 6.07) is 9.13. The number of nitro benzene ring substituents is 1. The molecule has 2 aromatic rings. The zero-order valence-electron chi connectivity index (χ0n) is 13.4. The molecule has 2 aromatic carbocycles. The maximum atomic E-state index is 12.6. The number of imide groups is 1. The second-order valence-corrected chi connectivity index (χ2v) is 8.11. The normalized spacial score (nSPS) is 15.6. The molecule has 0 atom stereocenters. The highest BCUT2D eigenvalue weighted by Crippen LogP contribution is 2.37. The summed E-state index contributed by atoms with van der Waals surface area (Å²) >= 11 is 8.31. The van der Waals surface area contributed by atoms with Crippen LogP contribution in [0.2, 0.25) is 5.02 Å². The molecule has 0 unspecified atom stereocenters. The second kappa shape index (κ2) is 7.87. The number of hydrogen-bond donors (Lipinski definition) is 1. The van der Waals surface area contributed by atoms with E-state index in [1.807, 2.05) is 0 Å². The summed E-state index contributed by atoms with van der Waals surface area (Å²) in [5, 5.41) is 21.2. The highest BCUT2D eigenvalue weighted by Gasteiger charge is 2.35. The Morgan fingerprint density at radius 3 is 2.56 bits per heavy atom. The lowest BCUT2D eigenvalue weighted by Gasteiger charge is -2.12. The van der Waals surface area contributed by atoms with E-state index in [0.29, 0.717) is 16.8 Å². The van der Waals surface area contributed by atoms with Gasteiger partial charge in [-0.3, -0.25) is 24.6 Å². The van der Waals surface area contributed by atoms with Crippen LogP contribution in [-0.2, 0) is 11.3 Å². The van der Waals surface area contributed by atoms with E-state index < -0.39 is 16.1 Å². The number of aromatic hydroxyl groups is 1. The van der Waals surface area contributed by atoms with Crippen molar-refractivity contribution in [3.05, 3.63) is 71.1 Å². The number of benzene rings is 2. The fourth-order valence-corrected chi connectivity index (χ4v) is 3.96. The van der Waals surface area contributed by atoms with E-state index in [2.05, 4.69) is 0 Å². The fraction of sp³-hybridized carbons (Fsp3) is 0.0588. The van der Waals surface area contributed by atoms with E-state index in [1.165, 1.54) is 12.1 Å². The monoisotopic (exact) mass is 516 g/mol. The average Bonchev–Trinajstić information content (AvgIpc) is 2.88. The van der Waals surface area contributed by atoms with Gasteiger partial charge in [0.15, 0.2) is 0 Å². The predicted octanol–water partition coefficient (Wildman–Crippen LogP) is 4.79. The van der Waals surface area contributed by atoms with Gasteiger partial charge in [-0.2, -0.15) is 0 Å². The zero-order valence-corrected chi connectivity index (χ0v) is 17.1. The van der Waals surface area contributed by atoms with Gasteiger partial charge >= 0.3 is 0 Å². The molecular weight excluding hydrogens is 507 g/mol. The van der Waals surface area contributed by atoms with Crippen LogP contribution in [0, 0.1) is 13.7 Å². The summed E-state index contributed by atoms with van der Waals surface area (Å²) in [5.74, 6) is -0.716. The molecule has 3 rings (SSSR count). The van der Waals surface area contributed by atoms with E-state index in [1.54, 1.807) is 46.9 Å². The number of carbonyl (C=O) groups is 2. The van der Waals surface area contributed by atoms with Gasteiger partial charge in [0.25, 0.3) is 16.8 Å². The van der Waals surface area contributed by atoms with Gasteiger partial charge < -0.3 is 5.11 Å². The standard InChI is InChI=1S/C17H10ClIN2O5S/c18-11-3-1-9(2-4-11)8-20-16(23)14(27-17(20)24)6-10-5-12(21(25)26)7-13(19)15(10)22/h1-7,22H,8H2/b14-6+. The minimum atomic E-state index is -0.592. The average molecular weight is 517 g/mol. The molecule has 0 bridgehead atoms. The van der Waals surface area contributed by atoms with E-state index >= 15 is 0 Å². The molecule has 1 fully saturated rings. The van der Waals surface area contributed by atoms with Crippen molar-refractivity contribution in [1.82, 2.24) is 4.90 Å². The second-order valence-electron chi connectivity index (χ2n) is 5.52. The molecule has 2 amide bonds. The van der Waals surface area contributed by atoms with Gasteiger partial charge in [-0.25, -0.2) is 0 Å². The van der Waals surface area contributed by atoms with Gasteiger partial charge in [-0.1, -0.05) is 23.7 Å². The molecule has 1 heterocycles. The van der Waals surface area contributed by atoms with Crippen molar-refractivity contribution in [3.8, 4) is 5.75 Å². The number of thioether (sulfide) groups is 1. The molecule has 0 saturated carbocycles. The van der Waals surface area contributed by atoms with Gasteiger partial charge in [0.1, 0.15) is 5.75 Å². The molecule has 0 radical (unpaired) electrons. The Bertz CT molecular complexity index is 994. The highest BCUT2D eigenvalue weighted by molar-refractivity contribution is 14.1. The SMILES string of the molecule is O=C1S/C(=C/c2cc([N+](=O)[O-])cc(I)c2O)C(=O)N1Cc1ccc(Cl)cc1. The number of nitro groups is 1. The molecule has 0 aromatic heterocycles. The molecule has 0 spiro atoms. The Balaban J connectivity index is 1.90. The summed E-state index contributed by atoms with van der Waals surface area (Å²) in [6.07, 6.45) is 1.29. The van der Waals surface area contributed by atoms with Crippen LogP contribution in [0.25, 0.3) is 6.08 Å². The lowest BCUT2D eigenvalue weighted by molar-refractivity contribution is -0.385. The number of hydrogen-bond acceptors (Lipinski definition) is 6. The first-order chi connectivity index (χ1) is 12.8. The van der Waals surface area contributed by atoms with Crippen LogP contribution in [0.15, 0.2) is 41.3 Å². The van der Waals surface area contributed by atoms with Gasteiger partial charge in [0.2, 0.25) is 0 Å². The van der Waals surface area contributed by atoms with Crippen molar-refractivity contribution in [1.29, 1.82) is 0 Å². The van der Waals surface area contributed by atoms with Crippen molar-refractivity contribution in [2.75, 3.05) is 0 Å². The minimum Gasteiger partial charge on any atom is -0.506 e. The molecule has 138 valence electrons. The van der Waals surface area contributed by atoms with Gasteiger partial charge in [0, 0.05) is 22.7 Å². The number of halogens is 2. The molecule has 1 saturated heterocycles. The Morgan fingerprint density at radius 1 is 1.26 bits per heavy atom. The Labute approximate surface area is 176 Å². The topological polar surface area (TPSA) is 101 Å². The number of non-ortho nitro benzene ring substituents is 1. The third kappa shape index (κ3) is 4.25. The van der Waals surface area contributed by atoms with E-state index in [9.17, 15) is 24.8 Å². The van der Waals surface area contributed by atoms with Crippen molar-refractivity contribution < 1.29 is 19.6 Å². The van der Waals surface area contributed by atoms with Crippen LogP contribution < -0.4 is 0 Å². The summed E-state index contributed by atoms with van der Waals surface area (Å²) in [5.41, 5.74) is 0.616. The lowest BCUT2D eigenvalue weighted by Crippen LogP contribution is -2.27. The number of phenolic OH excluding ortho intramolecular Hbond substituents is 1. The largest absolute Gasteiger partial charge is 0.506 e. The number of carbonyl (C=O) groups excluding carboxylic acids is 2. The quantitative estimate of drug-likeness (QED) is 0.271. The van der Waals surface area contributed by atoms with E-state index in [0.717, 1.165) is 16.5 Å². The maximum absolute atomic E-state index is 12.6. The fourth-order valence-electron chi connectivity index (χ4n) is 2.37. The highest BCUT2D eigenvalue weighted by atomic mass is 127. The first-order valence-electron chi connectivity index (χ1n) is 7.43. The van der Waals surface area contributed by atoms with Crippen LogP contribution >= 0.6 is 46.0 Å². The molecule has 1 N–H and O–H groups in total. The molecule has 27 heavy (non-hydrogen) atoms. The Kier molecular flexibility index (Phi) is 5.72. The first kappa shape index (κ1) is 19.6. The number of rotatable bonds is 4. The Hall–Kier alpha value is -2.11. The third-order valence-corrected chi connectivity index (χ3v) is 5.68. The Morgan fingerprint density at radius 2 is 1.93 bits per heavy atom. The molecule has 1 aliphatic heterocycles. The smallest absolute Gasteiger partial charge is 0.293 e. The minimum absolute atomic E-state index is 0.0810. The zero-order chi connectivity index (χ0) is 19.7. The van der Waals surface area contributed by atoms with Crippen molar-refractivity contribution in [2.45, 2.75) is 6.54 Å². The number of nitrogens with zero attached hydrogens (tertiary/aromatic N) is 2. The number of phenols is 1. The van der Waals surface area contributed by atoms with Crippen LogP contribution in [-0.4, -0.2) is 26.1 Å². The summed E-state index contributed by atoms with van der Waals surface area (Å²) in [7, 11) is 0. The van der Waals surface area contributed by atoms with Gasteiger partial charge in [-0.05, 0) is 58.1 Å². The predicted molar refractivity (Wildman–Crippen MR) is 110 cm³/mol.